The molecule has 4 nitrogen and oxygen atoms in total. The molecule has 3 rings (SSSR count). The Kier molecular flexibility index (Phi) is 3.02. The predicted octanol–water partition coefficient (Wildman–Crippen LogP) is 2.23. The van der Waals surface area contributed by atoms with Crippen LogP contribution in [-0.2, 0) is 4.74 Å². The molecule has 18 heavy (non-hydrogen) atoms. The van der Waals surface area contributed by atoms with E-state index < -0.39 is 0 Å². The van der Waals surface area contributed by atoms with Gasteiger partial charge in [-0.15, -0.1) is 0 Å². The number of pyridine rings is 1. The van der Waals surface area contributed by atoms with E-state index in [9.17, 15) is 0 Å². The van der Waals surface area contributed by atoms with Gasteiger partial charge < -0.3 is 15.2 Å². The number of ether oxygens (including phenoxy) is 2. The number of nitrogens with zero attached hydrogens (tertiary/aromatic N) is 1. The first-order valence-corrected chi connectivity index (χ1v) is 6.18. The smallest absolute Gasteiger partial charge is 0.221 e. The number of rotatable bonds is 3. The summed E-state index contributed by atoms with van der Waals surface area (Å²) >= 11 is 0. The van der Waals surface area contributed by atoms with Gasteiger partial charge >= 0.3 is 0 Å². The molecule has 0 unspecified atom stereocenters. The first-order chi connectivity index (χ1) is 8.83. The summed E-state index contributed by atoms with van der Waals surface area (Å²) in [6, 6.07) is 7.70. The van der Waals surface area contributed by atoms with Crippen molar-refractivity contribution in [1.82, 2.24) is 4.98 Å². The summed E-state index contributed by atoms with van der Waals surface area (Å²) < 4.78 is 11.1. The normalized spacial score (nSPS) is 19.2. The maximum atomic E-state index is 5.81. The van der Waals surface area contributed by atoms with E-state index in [2.05, 4.69) is 4.98 Å². The van der Waals surface area contributed by atoms with Crippen LogP contribution in [-0.4, -0.2) is 24.8 Å². The predicted molar refractivity (Wildman–Crippen MR) is 70.6 cm³/mol. The Hall–Kier alpha value is -1.81. The van der Waals surface area contributed by atoms with E-state index in [0.29, 0.717) is 18.4 Å². The summed E-state index contributed by atoms with van der Waals surface area (Å²) in [5.41, 5.74) is 6.52. The zero-order chi connectivity index (χ0) is 12.4. The van der Waals surface area contributed by atoms with Crippen LogP contribution in [0.5, 0.6) is 5.88 Å². The minimum absolute atomic E-state index is 0.482. The lowest BCUT2D eigenvalue weighted by Crippen LogP contribution is -2.12. The van der Waals surface area contributed by atoms with Crippen LogP contribution in [0.25, 0.3) is 10.8 Å². The average Bonchev–Trinajstić information content (AvgIpc) is 2.89. The van der Waals surface area contributed by atoms with E-state index >= 15 is 0 Å². The number of aromatic nitrogens is 1. The molecule has 0 aliphatic carbocycles. The van der Waals surface area contributed by atoms with Crippen LogP contribution in [0, 0.1) is 5.92 Å². The van der Waals surface area contributed by atoms with Crippen molar-refractivity contribution in [2.45, 2.75) is 6.42 Å². The van der Waals surface area contributed by atoms with Crippen molar-refractivity contribution >= 4 is 16.5 Å². The van der Waals surface area contributed by atoms with Crippen LogP contribution in [0.2, 0.25) is 0 Å². The number of hydrogen-bond donors (Lipinski definition) is 1. The Balaban J connectivity index is 1.82. The second kappa shape index (κ2) is 4.82. The van der Waals surface area contributed by atoms with Gasteiger partial charge in [0, 0.05) is 29.8 Å². The Labute approximate surface area is 106 Å². The van der Waals surface area contributed by atoms with E-state index in [1.54, 1.807) is 6.20 Å². The highest BCUT2D eigenvalue weighted by Crippen LogP contribution is 2.25. The zero-order valence-electron chi connectivity index (χ0n) is 10.1. The Bertz CT molecular complexity index is 550. The summed E-state index contributed by atoms with van der Waals surface area (Å²) in [5, 5.41) is 2.06. The van der Waals surface area contributed by atoms with Crippen molar-refractivity contribution in [1.29, 1.82) is 0 Å². The van der Waals surface area contributed by atoms with Gasteiger partial charge in [-0.2, -0.15) is 0 Å². The fraction of sp³-hybridized carbons (Fsp3) is 0.357. The molecule has 2 N–H and O–H groups in total. The van der Waals surface area contributed by atoms with Crippen LogP contribution in [0.4, 0.5) is 5.69 Å². The van der Waals surface area contributed by atoms with E-state index in [-0.39, 0.29) is 0 Å². The molecule has 4 heteroatoms. The van der Waals surface area contributed by atoms with Crippen LogP contribution in [0.15, 0.2) is 30.5 Å². The largest absolute Gasteiger partial charge is 0.477 e. The minimum Gasteiger partial charge on any atom is -0.477 e. The van der Waals surface area contributed by atoms with Gasteiger partial charge in [-0.1, -0.05) is 0 Å². The second-order valence-electron chi connectivity index (χ2n) is 4.64. The van der Waals surface area contributed by atoms with Gasteiger partial charge in [0.05, 0.1) is 13.2 Å². The zero-order valence-corrected chi connectivity index (χ0v) is 10.1. The third-order valence-corrected chi connectivity index (χ3v) is 3.23. The molecule has 1 aromatic heterocycles. The van der Waals surface area contributed by atoms with Gasteiger partial charge in [0.25, 0.3) is 0 Å². The molecular formula is C14H16N2O2. The van der Waals surface area contributed by atoms with Crippen molar-refractivity contribution in [3.8, 4) is 5.88 Å². The van der Waals surface area contributed by atoms with Gasteiger partial charge in [-0.25, -0.2) is 4.98 Å². The van der Waals surface area contributed by atoms with Crippen LogP contribution >= 0.6 is 0 Å². The van der Waals surface area contributed by atoms with Gasteiger partial charge in [0.2, 0.25) is 5.88 Å². The summed E-state index contributed by atoms with van der Waals surface area (Å²) in [6.45, 7) is 2.29. The monoisotopic (exact) mass is 244 g/mol. The molecule has 1 atom stereocenters. The minimum atomic E-state index is 0.482. The molecule has 1 fully saturated rings. The molecule has 2 heterocycles. The summed E-state index contributed by atoms with van der Waals surface area (Å²) in [7, 11) is 0. The number of benzene rings is 1. The second-order valence-corrected chi connectivity index (χ2v) is 4.64. The number of anilines is 1. The quantitative estimate of drug-likeness (QED) is 0.841. The van der Waals surface area contributed by atoms with E-state index in [1.165, 1.54) is 0 Å². The standard InChI is InChI=1S/C14H16N2O2/c15-12-1-2-13-11(7-12)3-5-16-14(13)18-9-10-4-6-17-8-10/h1-3,5,7,10H,4,6,8-9,15H2/t10-/m0/s1. The van der Waals surface area contributed by atoms with Gasteiger partial charge in [0.1, 0.15) is 0 Å². The molecule has 1 aromatic carbocycles. The summed E-state index contributed by atoms with van der Waals surface area (Å²) in [5.74, 6) is 1.16. The topological polar surface area (TPSA) is 57.4 Å². The first-order valence-electron chi connectivity index (χ1n) is 6.18. The maximum Gasteiger partial charge on any atom is 0.221 e. The lowest BCUT2D eigenvalue weighted by atomic mass is 10.1. The average molecular weight is 244 g/mol. The molecule has 0 bridgehead atoms. The van der Waals surface area contributed by atoms with Crippen LogP contribution in [0.3, 0.4) is 0 Å². The number of hydrogen-bond acceptors (Lipinski definition) is 4. The van der Waals surface area contributed by atoms with Crippen molar-refractivity contribution < 1.29 is 9.47 Å². The van der Waals surface area contributed by atoms with E-state index in [4.69, 9.17) is 15.2 Å². The molecule has 0 saturated carbocycles. The van der Waals surface area contributed by atoms with Crippen LogP contribution < -0.4 is 10.5 Å². The van der Waals surface area contributed by atoms with Gasteiger partial charge in [-0.3, -0.25) is 0 Å². The molecule has 1 saturated heterocycles. The molecule has 0 spiro atoms. The van der Waals surface area contributed by atoms with Crippen LogP contribution in [0.1, 0.15) is 6.42 Å². The molecule has 94 valence electrons. The van der Waals surface area contributed by atoms with Gasteiger partial charge in [0.15, 0.2) is 0 Å². The van der Waals surface area contributed by atoms with Crippen molar-refractivity contribution in [3.63, 3.8) is 0 Å². The molecular weight excluding hydrogens is 228 g/mol. The first kappa shape index (κ1) is 11.3. The Morgan fingerprint density at radius 2 is 2.33 bits per heavy atom. The third-order valence-electron chi connectivity index (χ3n) is 3.23. The number of nitrogens with two attached hydrogens (primary N) is 1. The summed E-state index contributed by atoms with van der Waals surface area (Å²) in [6.07, 6.45) is 2.82. The Morgan fingerprint density at radius 3 is 3.17 bits per heavy atom. The fourth-order valence-corrected chi connectivity index (χ4v) is 2.20. The van der Waals surface area contributed by atoms with Gasteiger partial charge in [-0.05, 0) is 36.1 Å². The third kappa shape index (κ3) is 2.24. The highest BCUT2D eigenvalue weighted by molar-refractivity contribution is 5.89. The fourth-order valence-electron chi connectivity index (χ4n) is 2.20. The molecule has 1 aliphatic rings. The highest BCUT2D eigenvalue weighted by atomic mass is 16.5. The SMILES string of the molecule is Nc1ccc2c(OC[C@H]3CCOC3)nccc2c1. The Morgan fingerprint density at radius 1 is 1.39 bits per heavy atom. The summed E-state index contributed by atoms with van der Waals surface area (Å²) in [4.78, 5) is 4.29. The van der Waals surface area contributed by atoms with Crippen molar-refractivity contribution in [3.05, 3.63) is 30.5 Å². The number of fused-ring (bicyclic) bond motifs is 1. The molecule has 0 radical (unpaired) electrons. The lowest BCUT2D eigenvalue weighted by Gasteiger charge is -2.11. The molecule has 2 aromatic rings. The molecule has 1 aliphatic heterocycles. The van der Waals surface area contributed by atoms with Crippen molar-refractivity contribution in [2.75, 3.05) is 25.6 Å². The van der Waals surface area contributed by atoms with E-state index in [0.717, 1.165) is 36.1 Å². The molecule has 0 amide bonds. The van der Waals surface area contributed by atoms with E-state index in [1.807, 2.05) is 24.3 Å². The highest BCUT2D eigenvalue weighted by Gasteiger charge is 2.17. The maximum absolute atomic E-state index is 5.81. The number of nitrogen functional groups attached to an aromatic ring is 1. The van der Waals surface area contributed by atoms with Crippen molar-refractivity contribution in [2.24, 2.45) is 5.92 Å². The lowest BCUT2D eigenvalue weighted by molar-refractivity contribution is 0.166.